The van der Waals surface area contributed by atoms with Gasteiger partial charge in [0, 0.05) is 20.1 Å². The largest absolute Gasteiger partial charge is 0.372 e. The smallest absolute Gasteiger partial charge is 0.163 e. The number of aryl methyl sites for hydroxylation is 1. The summed E-state index contributed by atoms with van der Waals surface area (Å²) in [4.78, 5) is 11.6. The van der Waals surface area contributed by atoms with Crippen LogP contribution in [0.15, 0.2) is 6.20 Å². The van der Waals surface area contributed by atoms with Crippen molar-refractivity contribution >= 4 is 16.9 Å². The molecule has 6 heteroatoms. The molecule has 2 rings (SSSR count). The second kappa shape index (κ2) is 6.39. The van der Waals surface area contributed by atoms with Gasteiger partial charge in [0.05, 0.1) is 18.1 Å². The zero-order valence-electron chi connectivity index (χ0n) is 13.9. The molecule has 0 saturated carbocycles. The van der Waals surface area contributed by atoms with Gasteiger partial charge >= 0.3 is 0 Å². The van der Waals surface area contributed by atoms with Crippen LogP contribution in [0.25, 0.3) is 11.0 Å². The molecule has 0 aliphatic heterocycles. The minimum atomic E-state index is 0.508. The third-order valence-corrected chi connectivity index (χ3v) is 3.83. The molecule has 0 aliphatic carbocycles. The quantitative estimate of drug-likeness (QED) is 0.884. The Labute approximate surface area is 126 Å². The van der Waals surface area contributed by atoms with Crippen molar-refractivity contribution in [2.45, 2.75) is 39.8 Å². The predicted octanol–water partition coefficient (Wildman–Crippen LogP) is 2.27. The Hall–Kier alpha value is -1.69. The van der Waals surface area contributed by atoms with Gasteiger partial charge in [-0.3, -0.25) is 9.58 Å². The number of hydrogen-bond donors (Lipinski definition) is 1. The van der Waals surface area contributed by atoms with E-state index in [0.717, 1.165) is 29.2 Å². The fraction of sp³-hybridized carbons (Fsp3) is 0.667. The molecule has 116 valence electrons. The van der Waals surface area contributed by atoms with E-state index < -0.39 is 0 Å². The highest BCUT2D eigenvalue weighted by molar-refractivity contribution is 5.86. The highest BCUT2D eigenvalue weighted by atomic mass is 15.3. The van der Waals surface area contributed by atoms with Gasteiger partial charge in [0.1, 0.15) is 11.6 Å². The van der Waals surface area contributed by atoms with E-state index in [0.29, 0.717) is 12.0 Å². The molecular formula is C15H26N6. The molecule has 0 aliphatic rings. The number of nitrogens with zero attached hydrogens (tertiary/aromatic N) is 5. The molecule has 1 unspecified atom stereocenters. The summed E-state index contributed by atoms with van der Waals surface area (Å²) in [7, 11) is 5.91. The standard InChI is InChI=1S/C15H26N6/c1-10(2)7-11(3)20(5)9-13-18-14(16-4)12-8-17-21(6)15(12)19-13/h8,10-11H,7,9H2,1-6H3,(H,16,18,19). The Bertz CT molecular complexity index is 603. The number of fused-ring (bicyclic) bond motifs is 1. The minimum Gasteiger partial charge on any atom is -0.372 e. The van der Waals surface area contributed by atoms with Crippen molar-refractivity contribution in [2.24, 2.45) is 13.0 Å². The highest BCUT2D eigenvalue weighted by Gasteiger charge is 2.15. The first kappa shape index (κ1) is 15.7. The van der Waals surface area contributed by atoms with E-state index >= 15 is 0 Å². The number of rotatable bonds is 6. The average Bonchev–Trinajstić information content (AvgIpc) is 2.79. The van der Waals surface area contributed by atoms with E-state index in [4.69, 9.17) is 0 Å². The van der Waals surface area contributed by atoms with Gasteiger partial charge < -0.3 is 5.32 Å². The Morgan fingerprint density at radius 3 is 2.62 bits per heavy atom. The molecule has 0 spiro atoms. The molecule has 0 bridgehead atoms. The Morgan fingerprint density at radius 1 is 1.29 bits per heavy atom. The van der Waals surface area contributed by atoms with Crippen molar-refractivity contribution < 1.29 is 0 Å². The Morgan fingerprint density at radius 2 is 2.00 bits per heavy atom. The molecule has 0 amide bonds. The third-order valence-electron chi connectivity index (χ3n) is 3.83. The van der Waals surface area contributed by atoms with Crippen molar-refractivity contribution in [3.8, 4) is 0 Å². The summed E-state index contributed by atoms with van der Waals surface area (Å²) < 4.78 is 1.79. The number of anilines is 1. The van der Waals surface area contributed by atoms with Gasteiger partial charge in [-0.15, -0.1) is 0 Å². The minimum absolute atomic E-state index is 0.508. The summed E-state index contributed by atoms with van der Waals surface area (Å²) in [6, 6.07) is 0.508. The van der Waals surface area contributed by atoms with Crippen molar-refractivity contribution in [2.75, 3.05) is 19.4 Å². The van der Waals surface area contributed by atoms with Crippen LogP contribution in [0.2, 0.25) is 0 Å². The molecule has 0 radical (unpaired) electrons. The van der Waals surface area contributed by atoms with Gasteiger partial charge in [-0.25, -0.2) is 9.97 Å². The van der Waals surface area contributed by atoms with E-state index in [2.05, 4.69) is 53.1 Å². The lowest BCUT2D eigenvalue weighted by molar-refractivity contribution is 0.216. The number of nitrogens with one attached hydrogen (secondary N) is 1. The van der Waals surface area contributed by atoms with Crippen LogP contribution in [0.4, 0.5) is 5.82 Å². The van der Waals surface area contributed by atoms with Gasteiger partial charge in [-0.1, -0.05) is 13.8 Å². The first-order valence-electron chi connectivity index (χ1n) is 7.49. The summed E-state index contributed by atoms with van der Waals surface area (Å²) in [5, 5.41) is 8.35. The molecule has 2 heterocycles. The SMILES string of the molecule is CNc1nc(CN(C)C(C)CC(C)C)nc2c1cnn2C. The first-order chi connectivity index (χ1) is 9.92. The maximum atomic E-state index is 4.65. The van der Waals surface area contributed by atoms with Crippen LogP contribution < -0.4 is 5.32 Å². The lowest BCUT2D eigenvalue weighted by atomic mass is 10.0. The Kier molecular flexibility index (Phi) is 4.77. The maximum Gasteiger partial charge on any atom is 0.163 e. The fourth-order valence-electron chi connectivity index (χ4n) is 2.57. The topological polar surface area (TPSA) is 58.9 Å². The van der Waals surface area contributed by atoms with Crippen LogP contribution in [0.3, 0.4) is 0 Å². The van der Waals surface area contributed by atoms with Crippen LogP contribution in [0, 0.1) is 5.92 Å². The second-order valence-corrected chi connectivity index (χ2v) is 6.14. The predicted molar refractivity (Wildman–Crippen MR) is 86.2 cm³/mol. The van der Waals surface area contributed by atoms with E-state index in [1.54, 1.807) is 10.9 Å². The summed E-state index contributed by atoms with van der Waals surface area (Å²) in [5.74, 6) is 2.36. The van der Waals surface area contributed by atoms with Crippen molar-refractivity contribution in [3.63, 3.8) is 0 Å². The van der Waals surface area contributed by atoms with Gasteiger partial charge in [0.15, 0.2) is 5.65 Å². The van der Waals surface area contributed by atoms with Crippen molar-refractivity contribution in [1.29, 1.82) is 0 Å². The molecule has 0 saturated heterocycles. The van der Waals surface area contributed by atoms with E-state index in [-0.39, 0.29) is 0 Å². The molecule has 0 fully saturated rings. The van der Waals surface area contributed by atoms with Crippen LogP contribution in [-0.2, 0) is 13.6 Å². The zero-order valence-corrected chi connectivity index (χ0v) is 13.9. The third kappa shape index (κ3) is 3.50. The summed E-state index contributed by atoms with van der Waals surface area (Å²) in [6.45, 7) is 7.49. The molecule has 1 N–H and O–H groups in total. The second-order valence-electron chi connectivity index (χ2n) is 6.14. The van der Waals surface area contributed by atoms with Gasteiger partial charge in [0.2, 0.25) is 0 Å². The van der Waals surface area contributed by atoms with Gasteiger partial charge in [0.25, 0.3) is 0 Å². The lowest BCUT2D eigenvalue weighted by Crippen LogP contribution is -2.30. The normalized spacial score (nSPS) is 13.3. The number of hydrogen-bond acceptors (Lipinski definition) is 5. The van der Waals surface area contributed by atoms with E-state index in [1.165, 1.54) is 6.42 Å². The highest BCUT2D eigenvalue weighted by Crippen LogP contribution is 2.20. The summed E-state index contributed by atoms with van der Waals surface area (Å²) >= 11 is 0. The van der Waals surface area contributed by atoms with Crippen LogP contribution in [0.5, 0.6) is 0 Å². The molecule has 6 nitrogen and oxygen atoms in total. The van der Waals surface area contributed by atoms with Crippen LogP contribution >= 0.6 is 0 Å². The van der Waals surface area contributed by atoms with Gasteiger partial charge in [-0.05, 0) is 26.3 Å². The Balaban J connectivity index is 2.24. The molecule has 0 aromatic carbocycles. The maximum absolute atomic E-state index is 4.65. The molecular weight excluding hydrogens is 264 g/mol. The van der Waals surface area contributed by atoms with E-state index in [9.17, 15) is 0 Å². The zero-order chi connectivity index (χ0) is 15.6. The fourth-order valence-corrected chi connectivity index (χ4v) is 2.57. The van der Waals surface area contributed by atoms with E-state index in [1.807, 2.05) is 14.1 Å². The lowest BCUT2D eigenvalue weighted by Gasteiger charge is -2.25. The molecule has 2 aromatic rings. The summed E-state index contributed by atoms with van der Waals surface area (Å²) in [5.41, 5.74) is 0.870. The monoisotopic (exact) mass is 290 g/mol. The molecule has 1 atom stereocenters. The van der Waals surface area contributed by atoms with Crippen molar-refractivity contribution in [1.82, 2.24) is 24.6 Å². The number of aromatic nitrogens is 4. The van der Waals surface area contributed by atoms with Crippen LogP contribution in [0.1, 0.15) is 33.0 Å². The van der Waals surface area contributed by atoms with Crippen molar-refractivity contribution in [3.05, 3.63) is 12.0 Å². The molecule has 2 aromatic heterocycles. The summed E-state index contributed by atoms with van der Waals surface area (Å²) in [6.07, 6.45) is 2.97. The average molecular weight is 290 g/mol. The first-order valence-corrected chi connectivity index (χ1v) is 7.49. The van der Waals surface area contributed by atoms with Crippen LogP contribution in [-0.4, -0.2) is 44.8 Å². The molecule has 21 heavy (non-hydrogen) atoms. The van der Waals surface area contributed by atoms with Gasteiger partial charge in [-0.2, -0.15) is 5.10 Å².